The SMILES string of the molecule is NC(=O)C1CCN([C@H](N)c2cc3ncncc3s2)C1=O. The minimum Gasteiger partial charge on any atom is -0.369 e. The average molecular weight is 291 g/mol. The standard InChI is InChI=1S/C12H13N5O2S/c13-10(17-2-1-6(11(14)18)12(17)19)8-3-7-9(20-8)4-15-5-16-7/h3-6,10H,1-2,13H2,(H2,14,18)/t6?,10-/m0/s1. The van der Waals surface area contributed by atoms with E-state index in [1.807, 2.05) is 6.07 Å². The van der Waals surface area contributed by atoms with E-state index in [0.717, 1.165) is 15.1 Å². The maximum Gasteiger partial charge on any atom is 0.236 e. The van der Waals surface area contributed by atoms with Crippen LogP contribution in [-0.4, -0.2) is 33.2 Å². The molecule has 0 aliphatic carbocycles. The molecule has 0 bridgehead atoms. The molecule has 2 atom stereocenters. The van der Waals surface area contributed by atoms with Crippen LogP contribution < -0.4 is 11.5 Å². The zero-order chi connectivity index (χ0) is 14.3. The lowest BCUT2D eigenvalue weighted by atomic mass is 10.1. The van der Waals surface area contributed by atoms with Gasteiger partial charge in [0.1, 0.15) is 18.4 Å². The molecule has 20 heavy (non-hydrogen) atoms. The van der Waals surface area contributed by atoms with Gasteiger partial charge in [-0.25, -0.2) is 9.97 Å². The molecule has 0 radical (unpaired) electrons. The molecule has 1 fully saturated rings. The van der Waals surface area contributed by atoms with Gasteiger partial charge in [0.05, 0.1) is 10.2 Å². The monoisotopic (exact) mass is 291 g/mol. The maximum absolute atomic E-state index is 12.1. The molecule has 1 saturated heterocycles. The van der Waals surface area contributed by atoms with Gasteiger partial charge in [0.2, 0.25) is 11.8 Å². The largest absolute Gasteiger partial charge is 0.369 e. The molecule has 7 nitrogen and oxygen atoms in total. The summed E-state index contributed by atoms with van der Waals surface area (Å²) in [4.78, 5) is 33.7. The van der Waals surface area contributed by atoms with Crippen molar-refractivity contribution in [3.63, 3.8) is 0 Å². The molecule has 0 aromatic carbocycles. The molecule has 2 aromatic heterocycles. The molecule has 0 saturated carbocycles. The highest BCUT2D eigenvalue weighted by atomic mass is 32.1. The first-order valence-electron chi connectivity index (χ1n) is 6.13. The summed E-state index contributed by atoms with van der Waals surface area (Å²) in [5, 5.41) is 0. The number of carbonyl (C=O) groups excluding carboxylic acids is 2. The van der Waals surface area contributed by atoms with E-state index in [2.05, 4.69) is 9.97 Å². The van der Waals surface area contributed by atoms with E-state index in [-0.39, 0.29) is 5.91 Å². The molecule has 1 aliphatic heterocycles. The van der Waals surface area contributed by atoms with E-state index in [0.29, 0.717) is 13.0 Å². The molecule has 1 unspecified atom stereocenters. The lowest BCUT2D eigenvalue weighted by molar-refractivity contribution is -0.137. The number of hydrogen-bond acceptors (Lipinski definition) is 6. The topological polar surface area (TPSA) is 115 Å². The Bertz CT molecular complexity index is 652. The van der Waals surface area contributed by atoms with Crippen LogP contribution in [0.2, 0.25) is 0 Å². The van der Waals surface area contributed by atoms with Gasteiger partial charge in [-0.2, -0.15) is 0 Å². The quantitative estimate of drug-likeness (QED) is 0.771. The highest BCUT2D eigenvalue weighted by Gasteiger charge is 2.38. The van der Waals surface area contributed by atoms with E-state index in [9.17, 15) is 9.59 Å². The fourth-order valence-corrected chi connectivity index (χ4v) is 3.35. The van der Waals surface area contributed by atoms with Crippen LogP contribution in [0, 0.1) is 5.92 Å². The summed E-state index contributed by atoms with van der Waals surface area (Å²) in [5.74, 6) is -1.64. The summed E-state index contributed by atoms with van der Waals surface area (Å²) in [6.45, 7) is 0.438. The summed E-state index contributed by atoms with van der Waals surface area (Å²) in [5.41, 5.74) is 12.1. The number of fused-ring (bicyclic) bond motifs is 1. The lowest BCUT2D eigenvalue weighted by Crippen LogP contribution is -2.38. The summed E-state index contributed by atoms with van der Waals surface area (Å²) in [6.07, 6.45) is 3.02. The fourth-order valence-electron chi connectivity index (χ4n) is 2.35. The van der Waals surface area contributed by atoms with Crippen LogP contribution in [0.3, 0.4) is 0 Å². The van der Waals surface area contributed by atoms with Gasteiger partial charge in [-0.15, -0.1) is 11.3 Å². The van der Waals surface area contributed by atoms with Crippen molar-refractivity contribution < 1.29 is 9.59 Å². The Hall–Kier alpha value is -2.06. The second-order valence-corrected chi connectivity index (χ2v) is 5.76. The zero-order valence-corrected chi connectivity index (χ0v) is 11.3. The third kappa shape index (κ3) is 2.02. The van der Waals surface area contributed by atoms with Crippen molar-refractivity contribution in [3.8, 4) is 0 Å². The van der Waals surface area contributed by atoms with Crippen LogP contribution >= 0.6 is 11.3 Å². The minimum atomic E-state index is -0.754. The Kier molecular flexibility index (Phi) is 3.11. The van der Waals surface area contributed by atoms with Crippen LogP contribution in [-0.2, 0) is 9.59 Å². The number of primary amides is 1. The fraction of sp³-hybridized carbons (Fsp3) is 0.333. The third-order valence-electron chi connectivity index (χ3n) is 3.43. The zero-order valence-electron chi connectivity index (χ0n) is 10.5. The first kappa shape index (κ1) is 12.9. The average Bonchev–Trinajstić information content (AvgIpc) is 3.01. The van der Waals surface area contributed by atoms with E-state index in [4.69, 9.17) is 11.5 Å². The Morgan fingerprint density at radius 1 is 1.55 bits per heavy atom. The van der Waals surface area contributed by atoms with Gasteiger partial charge >= 0.3 is 0 Å². The molecule has 104 valence electrons. The summed E-state index contributed by atoms with van der Waals surface area (Å²) in [6, 6.07) is 1.84. The van der Waals surface area contributed by atoms with E-state index < -0.39 is 18.0 Å². The van der Waals surface area contributed by atoms with Gasteiger partial charge < -0.3 is 16.4 Å². The van der Waals surface area contributed by atoms with Crippen LogP contribution in [0.5, 0.6) is 0 Å². The molecular formula is C12H13N5O2S. The van der Waals surface area contributed by atoms with E-state index in [1.165, 1.54) is 22.6 Å². The molecular weight excluding hydrogens is 278 g/mol. The molecule has 2 amide bonds. The van der Waals surface area contributed by atoms with Crippen molar-refractivity contribution >= 4 is 33.4 Å². The number of hydrogen-bond donors (Lipinski definition) is 2. The van der Waals surface area contributed by atoms with Crippen molar-refractivity contribution in [2.24, 2.45) is 17.4 Å². The number of carbonyl (C=O) groups is 2. The predicted molar refractivity (Wildman–Crippen MR) is 73.4 cm³/mol. The number of thiophene rings is 1. The van der Waals surface area contributed by atoms with Crippen LogP contribution in [0.25, 0.3) is 10.2 Å². The smallest absolute Gasteiger partial charge is 0.236 e. The summed E-state index contributed by atoms with van der Waals surface area (Å²) >= 11 is 1.44. The van der Waals surface area contributed by atoms with Crippen molar-refractivity contribution in [1.82, 2.24) is 14.9 Å². The van der Waals surface area contributed by atoms with Gasteiger partial charge in [0.25, 0.3) is 0 Å². The third-order valence-corrected chi connectivity index (χ3v) is 4.55. The van der Waals surface area contributed by atoms with Gasteiger partial charge in [0, 0.05) is 17.6 Å². The van der Waals surface area contributed by atoms with Crippen molar-refractivity contribution in [3.05, 3.63) is 23.5 Å². The Labute approximate surface area is 118 Å². The minimum absolute atomic E-state index is 0.298. The second kappa shape index (κ2) is 4.80. The van der Waals surface area contributed by atoms with Crippen molar-refractivity contribution in [1.29, 1.82) is 0 Å². The predicted octanol–water partition coefficient (Wildman–Crippen LogP) is -0.0176. The number of nitrogens with zero attached hydrogens (tertiary/aromatic N) is 3. The van der Waals surface area contributed by atoms with Crippen LogP contribution in [0.1, 0.15) is 17.5 Å². The summed E-state index contributed by atoms with van der Waals surface area (Å²) < 4.78 is 0.913. The highest BCUT2D eigenvalue weighted by Crippen LogP contribution is 2.32. The Morgan fingerprint density at radius 3 is 3.00 bits per heavy atom. The molecule has 1 aliphatic rings. The molecule has 0 spiro atoms. The number of aromatic nitrogens is 2. The molecule has 3 rings (SSSR count). The lowest BCUT2D eigenvalue weighted by Gasteiger charge is -2.23. The number of likely N-dealkylation sites (tertiary alicyclic amines) is 1. The number of rotatable bonds is 3. The Morgan fingerprint density at radius 2 is 2.35 bits per heavy atom. The van der Waals surface area contributed by atoms with Crippen molar-refractivity contribution in [2.45, 2.75) is 12.6 Å². The van der Waals surface area contributed by atoms with Crippen LogP contribution in [0.15, 0.2) is 18.6 Å². The molecule has 2 aromatic rings. The maximum atomic E-state index is 12.1. The van der Waals surface area contributed by atoms with Gasteiger partial charge in [-0.3, -0.25) is 9.59 Å². The first-order valence-corrected chi connectivity index (χ1v) is 6.94. The summed E-state index contributed by atoms with van der Waals surface area (Å²) in [7, 11) is 0. The number of amides is 2. The van der Waals surface area contributed by atoms with E-state index in [1.54, 1.807) is 6.20 Å². The van der Waals surface area contributed by atoms with E-state index >= 15 is 0 Å². The molecule has 4 N–H and O–H groups in total. The van der Waals surface area contributed by atoms with Gasteiger partial charge in [-0.05, 0) is 12.5 Å². The molecule has 8 heteroatoms. The second-order valence-electron chi connectivity index (χ2n) is 4.64. The highest BCUT2D eigenvalue weighted by molar-refractivity contribution is 7.19. The normalized spacial score (nSPS) is 20.6. The van der Waals surface area contributed by atoms with Gasteiger partial charge in [0.15, 0.2) is 0 Å². The first-order chi connectivity index (χ1) is 9.58. The van der Waals surface area contributed by atoms with Gasteiger partial charge in [-0.1, -0.05) is 0 Å². The Balaban J connectivity index is 1.87. The van der Waals surface area contributed by atoms with Crippen molar-refractivity contribution in [2.75, 3.05) is 6.54 Å². The van der Waals surface area contributed by atoms with Crippen LogP contribution in [0.4, 0.5) is 0 Å². The molecule has 3 heterocycles. The number of nitrogens with two attached hydrogens (primary N) is 2.